The van der Waals surface area contributed by atoms with E-state index in [0.717, 1.165) is 29.8 Å². The molecule has 1 aliphatic rings. The molecule has 122 valence electrons. The van der Waals surface area contributed by atoms with E-state index in [-0.39, 0.29) is 6.04 Å². The first-order valence-electron chi connectivity index (χ1n) is 8.64. The number of para-hydroxylation sites is 1. The molecule has 4 rings (SSSR count). The molecule has 1 N–H and O–H groups in total. The Morgan fingerprint density at radius 1 is 0.917 bits per heavy atom. The van der Waals surface area contributed by atoms with Crippen molar-refractivity contribution in [1.82, 2.24) is 9.97 Å². The van der Waals surface area contributed by atoms with Crippen LogP contribution in [0.2, 0.25) is 0 Å². The molecule has 2 aromatic carbocycles. The van der Waals surface area contributed by atoms with Gasteiger partial charge in [-0.1, -0.05) is 42.5 Å². The molecule has 0 saturated carbocycles. The standard InChI is InChI=1S/C20H22N4/c1-15(16-9-3-2-4-10-16)21-20-22-18-12-6-5-11-17(18)19(23-20)24-13-7-8-14-24/h2-6,9-12,15H,7-8,13-14H2,1H3,(H,21,22,23). The van der Waals surface area contributed by atoms with Gasteiger partial charge < -0.3 is 10.2 Å². The average molecular weight is 318 g/mol. The molecule has 1 aliphatic heterocycles. The lowest BCUT2D eigenvalue weighted by Crippen LogP contribution is -2.20. The van der Waals surface area contributed by atoms with Crippen LogP contribution in [-0.2, 0) is 0 Å². The van der Waals surface area contributed by atoms with Crippen LogP contribution in [0.5, 0.6) is 0 Å². The monoisotopic (exact) mass is 318 g/mol. The lowest BCUT2D eigenvalue weighted by molar-refractivity contribution is 0.857. The fourth-order valence-electron chi connectivity index (χ4n) is 3.31. The van der Waals surface area contributed by atoms with Crippen LogP contribution in [-0.4, -0.2) is 23.1 Å². The van der Waals surface area contributed by atoms with E-state index in [4.69, 9.17) is 9.97 Å². The molecule has 1 saturated heterocycles. The zero-order valence-electron chi connectivity index (χ0n) is 13.9. The Bertz CT molecular complexity index is 825. The molecule has 0 amide bonds. The van der Waals surface area contributed by atoms with Crippen molar-refractivity contribution < 1.29 is 0 Å². The quantitative estimate of drug-likeness (QED) is 0.774. The summed E-state index contributed by atoms with van der Waals surface area (Å²) in [6, 6.07) is 18.9. The minimum atomic E-state index is 0.166. The largest absolute Gasteiger partial charge is 0.356 e. The van der Waals surface area contributed by atoms with Crippen molar-refractivity contribution in [3.05, 3.63) is 60.2 Å². The third-order valence-corrected chi connectivity index (χ3v) is 4.63. The smallest absolute Gasteiger partial charge is 0.225 e. The number of benzene rings is 2. The van der Waals surface area contributed by atoms with Crippen LogP contribution in [0.1, 0.15) is 31.4 Å². The Balaban J connectivity index is 1.70. The molecule has 0 spiro atoms. The average Bonchev–Trinajstić information content (AvgIpc) is 3.16. The third kappa shape index (κ3) is 2.92. The normalized spacial score (nSPS) is 15.6. The molecule has 1 atom stereocenters. The van der Waals surface area contributed by atoms with E-state index < -0.39 is 0 Å². The second kappa shape index (κ2) is 6.48. The van der Waals surface area contributed by atoms with Crippen LogP contribution in [0, 0.1) is 0 Å². The van der Waals surface area contributed by atoms with Gasteiger partial charge in [0.15, 0.2) is 0 Å². The summed E-state index contributed by atoms with van der Waals surface area (Å²) in [6.45, 7) is 4.30. The topological polar surface area (TPSA) is 41.1 Å². The van der Waals surface area contributed by atoms with Crippen molar-refractivity contribution in [2.24, 2.45) is 0 Å². The summed E-state index contributed by atoms with van der Waals surface area (Å²) in [6.07, 6.45) is 2.48. The first kappa shape index (κ1) is 14.9. The SMILES string of the molecule is CC(Nc1nc(N2CCCC2)c2ccccc2n1)c1ccccc1. The predicted octanol–water partition coefficient (Wildman–Crippen LogP) is 4.40. The van der Waals surface area contributed by atoms with E-state index in [1.807, 2.05) is 12.1 Å². The minimum absolute atomic E-state index is 0.166. The van der Waals surface area contributed by atoms with Gasteiger partial charge in [-0.05, 0) is 37.5 Å². The van der Waals surface area contributed by atoms with Crippen molar-refractivity contribution in [3.63, 3.8) is 0 Å². The van der Waals surface area contributed by atoms with E-state index >= 15 is 0 Å². The maximum atomic E-state index is 4.85. The predicted molar refractivity (Wildman–Crippen MR) is 99.5 cm³/mol. The molecule has 1 aromatic heterocycles. The molecule has 1 unspecified atom stereocenters. The fraction of sp³-hybridized carbons (Fsp3) is 0.300. The maximum absolute atomic E-state index is 4.85. The van der Waals surface area contributed by atoms with Crippen LogP contribution >= 0.6 is 0 Å². The van der Waals surface area contributed by atoms with E-state index in [1.165, 1.54) is 18.4 Å². The van der Waals surface area contributed by atoms with Gasteiger partial charge in [-0.2, -0.15) is 4.98 Å². The van der Waals surface area contributed by atoms with Gasteiger partial charge in [0, 0.05) is 18.5 Å². The summed E-state index contributed by atoms with van der Waals surface area (Å²) in [4.78, 5) is 12.0. The molecule has 4 heteroatoms. The number of fused-ring (bicyclic) bond motifs is 1. The van der Waals surface area contributed by atoms with Crippen molar-refractivity contribution in [2.45, 2.75) is 25.8 Å². The highest BCUT2D eigenvalue weighted by Crippen LogP contribution is 2.29. The Morgan fingerprint density at radius 3 is 2.42 bits per heavy atom. The molecule has 3 aromatic rings. The Hall–Kier alpha value is -2.62. The van der Waals surface area contributed by atoms with Crippen molar-refractivity contribution in [2.75, 3.05) is 23.3 Å². The summed E-state index contributed by atoms with van der Waals surface area (Å²) >= 11 is 0. The highest BCUT2D eigenvalue weighted by atomic mass is 15.2. The van der Waals surface area contributed by atoms with Gasteiger partial charge in [0.25, 0.3) is 0 Å². The summed E-state index contributed by atoms with van der Waals surface area (Å²) in [5.74, 6) is 1.76. The third-order valence-electron chi connectivity index (χ3n) is 4.63. The lowest BCUT2D eigenvalue weighted by Gasteiger charge is -2.21. The minimum Gasteiger partial charge on any atom is -0.356 e. The zero-order valence-corrected chi connectivity index (χ0v) is 13.9. The number of rotatable bonds is 4. The molecule has 0 radical (unpaired) electrons. The highest BCUT2D eigenvalue weighted by molar-refractivity contribution is 5.90. The molecule has 24 heavy (non-hydrogen) atoms. The second-order valence-corrected chi connectivity index (χ2v) is 6.36. The number of nitrogens with one attached hydrogen (secondary N) is 1. The molecule has 2 heterocycles. The molecule has 0 aliphatic carbocycles. The summed E-state index contributed by atoms with van der Waals surface area (Å²) < 4.78 is 0. The van der Waals surface area contributed by atoms with Crippen LogP contribution in [0.3, 0.4) is 0 Å². The van der Waals surface area contributed by atoms with E-state index in [9.17, 15) is 0 Å². The van der Waals surface area contributed by atoms with Crippen molar-refractivity contribution in [1.29, 1.82) is 0 Å². The van der Waals surface area contributed by atoms with E-state index in [0.29, 0.717) is 5.95 Å². The van der Waals surface area contributed by atoms with Crippen molar-refractivity contribution in [3.8, 4) is 0 Å². The molecule has 1 fully saturated rings. The summed E-state index contributed by atoms with van der Waals surface area (Å²) in [5, 5.41) is 4.60. The first-order chi connectivity index (χ1) is 11.8. The van der Waals surface area contributed by atoms with Gasteiger partial charge in [-0.3, -0.25) is 0 Å². The van der Waals surface area contributed by atoms with E-state index in [2.05, 4.69) is 59.6 Å². The fourth-order valence-corrected chi connectivity index (χ4v) is 3.31. The zero-order chi connectivity index (χ0) is 16.4. The van der Waals surface area contributed by atoms with Gasteiger partial charge in [-0.25, -0.2) is 4.98 Å². The molecule has 0 bridgehead atoms. The molecular formula is C20H22N4. The molecule has 4 nitrogen and oxygen atoms in total. The number of aromatic nitrogens is 2. The summed E-state index contributed by atoms with van der Waals surface area (Å²) in [7, 11) is 0. The lowest BCUT2D eigenvalue weighted by atomic mass is 10.1. The van der Waals surface area contributed by atoms with Gasteiger partial charge in [0.05, 0.1) is 11.6 Å². The maximum Gasteiger partial charge on any atom is 0.225 e. The summed E-state index contributed by atoms with van der Waals surface area (Å²) in [5.41, 5.74) is 2.23. The van der Waals surface area contributed by atoms with Crippen molar-refractivity contribution >= 4 is 22.7 Å². The van der Waals surface area contributed by atoms with Crippen LogP contribution < -0.4 is 10.2 Å². The van der Waals surface area contributed by atoms with E-state index in [1.54, 1.807) is 0 Å². The first-order valence-corrected chi connectivity index (χ1v) is 8.64. The number of hydrogen-bond acceptors (Lipinski definition) is 4. The Kier molecular flexibility index (Phi) is 4.03. The highest BCUT2D eigenvalue weighted by Gasteiger charge is 2.18. The van der Waals surface area contributed by atoms with Gasteiger partial charge in [-0.15, -0.1) is 0 Å². The van der Waals surface area contributed by atoms with Crippen LogP contribution in [0.15, 0.2) is 54.6 Å². The Morgan fingerprint density at radius 2 is 1.62 bits per heavy atom. The van der Waals surface area contributed by atoms with Gasteiger partial charge in [0.1, 0.15) is 5.82 Å². The van der Waals surface area contributed by atoms with Crippen LogP contribution in [0.4, 0.5) is 11.8 Å². The van der Waals surface area contributed by atoms with Gasteiger partial charge in [0.2, 0.25) is 5.95 Å². The van der Waals surface area contributed by atoms with Gasteiger partial charge >= 0.3 is 0 Å². The Labute approximate surface area is 142 Å². The molecular weight excluding hydrogens is 296 g/mol. The number of anilines is 2. The second-order valence-electron chi connectivity index (χ2n) is 6.36. The van der Waals surface area contributed by atoms with Crippen LogP contribution in [0.25, 0.3) is 10.9 Å². The number of hydrogen-bond donors (Lipinski definition) is 1. The number of nitrogens with zero attached hydrogens (tertiary/aromatic N) is 3.